The number of nitrogens with one attached hydrogen (secondary N) is 1. The molecule has 8 aromatic carbocycles. The third-order valence-corrected chi connectivity index (χ3v) is 20.1. The topological polar surface area (TPSA) is 286 Å². The number of aldehydes is 1. The molecule has 25 heteroatoms. The van der Waals surface area contributed by atoms with E-state index in [1.165, 1.54) is 73.3 Å². The number of hydrogen-bond donors (Lipinski definition) is 6. The van der Waals surface area contributed by atoms with E-state index in [4.69, 9.17) is 48.1 Å². The summed E-state index contributed by atoms with van der Waals surface area (Å²) in [6, 6.07) is 49.5. The maximum Gasteiger partial charge on any atom is 0.348 e. The summed E-state index contributed by atoms with van der Waals surface area (Å²) in [5.74, 6) is 0.128. The second-order valence-electron chi connectivity index (χ2n) is 27.0. The lowest BCUT2D eigenvalue weighted by molar-refractivity contribution is -0.906. The Morgan fingerprint density at radius 3 is 1.12 bits per heavy atom. The molecule has 0 aliphatic carbocycles. The fraction of sp³-hybridized carbons (Fsp3) is 0.395. The number of carboxylic acids is 2. The van der Waals surface area contributed by atoms with Crippen molar-refractivity contribution in [2.45, 2.75) is 88.3 Å². The lowest BCUT2D eigenvalue weighted by atomic mass is 9.87. The first kappa shape index (κ1) is 88.0. The van der Waals surface area contributed by atoms with Crippen molar-refractivity contribution in [3.63, 3.8) is 0 Å². The molecule has 0 bridgehead atoms. The molecule has 1 unspecified atom stereocenters. The molecule has 3 aliphatic heterocycles. The van der Waals surface area contributed by atoms with E-state index in [1.54, 1.807) is 78.9 Å². The zero-order chi connectivity index (χ0) is 80.4. The standard InChI is InChI=1S/3C22H28FNO3.C12H12O8.C8H8O2/c3*1-26-20-5-3-4-19(22(20)27-2)21(25)17-11-14-24(15-12-17)13-10-16-6-8-18(23)9-7-16;1-19-7-4-2-6(3-5-7)12(18)20-9(11(16)17)8(13)10(14)15;1-10-8-4-2-7(6-9)3-5-8/h3*3-9,17,21,25H,10-15H2,1-2H3;2-5,8-9,13H,1H3,(H,14,15)(H,16,17);2-6H,1H3/t2*21-;;8-,9-;/m00.0./s1. The van der Waals surface area contributed by atoms with Gasteiger partial charge in [0.1, 0.15) is 41.3 Å². The van der Waals surface area contributed by atoms with E-state index in [-0.39, 0.29) is 40.8 Å². The third-order valence-electron chi connectivity index (χ3n) is 20.1. The van der Waals surface area contributed by atoms with Crippen LogP contribution in [0.2, 0.25) is 0 Å². The number of halogens is 3. The summed E-state index contributed by atoms with van der Waals surface area (Å²) in [5, 5.41) is 61.0. The van der Waals surface area contributed by atoms with Crippen LogP contribution in [0, 0.1) is 35.2 Å². The van der Waals surface area contributed by atoms with Gasteiger partial charge in [-0.2, -0.15) is 0 Å². The van der Waals surface area contributed by atoms with Crippen LogP contribution in [0.1, 0.15) is 111 Å². The van der Waals surface area contributed by atoms with E-state index in [2.05, 4.69) is 14.5 Å². The molecule has 8 aromatic rings. The molecule has 3 heterocycles. The monoisotopic (exact) mass is 1540 g/mol. The number of methoxy groups -OCH3 is 8. The van der Waals surface area contributed by atoms with Gasteiger partial charge in [0.15, 0.2) is 34.5 Å². The van der Waals surface area contributed by atoms with Gasteiger partial charge < -0.3 is 92.8 Å². The lowest BCUT2D eigenvalue weighted by Crippen LogP contribution is -3.13. The number of para-hydroxylation sites is 3. The van der Waals surface area contributed by atoms with Gasteiger partial charge in [0, 0.05) is 54.6 Å². The average Bonchev–Trinajstić information content (AvgIpc) is 0.826. The molecule has 111 heavy (non-hydrogen) atoms. The predicted molar refractivity (Wildman–Crippen MR) is 410 cm³/mol. The molecule has 0 spiro atoms. The van der Waals surface area contributed by atoms with Gasteiger partial charge in [-0.05, 0) is 202 Å². The van der Waals surface area contributed by atoms with Crippen molar-refractivity contribution in [2.75, 3.05) is 116 Å². The van der Waals surface area contributed by atoms with E-state index < -0.39 is 48.4 Å². The van der Waals surface area contributed by atoms with Crippen molar-refractivity contribution in [1.82, 2.24) is 9.80 Å². The van der Waals surface area contributed by atoms with Crippen LogP contribution >= 0.6 is 0 Å². The smallest absolute Gasteiger partial charge is 0.348 e. The van der Waals surface area contributed by atoms with Crippen LogP contribution in [0.3, 0.4) is 0 Å². The van der Waals surface area contributed by atoms with Gasteiger partial charge in [0.25, 0.3) is 0 Å². The first-order chi connectivity index (χ1) is 53.6. The summed E-state index contributed by atoms with van der Waals surface area (Å²) in [6.45, 7) is 8.84. The highest BCUT2D eigenvalue weighted by atomic mass is 19.1. The summed E-state index contributed by atoms with van der Waals surface area (Å²) in [4.78, 5) is 49.3. The molecule has 3 aliphatic rings. The Kier molecular flexibility index (Phi) is 36.3. The van der Waals surface area contributed by atoms with E-state index >= 15 is 0 Å². The first-order valence-electron chi connectivity index (χ1n) is 36.8. The minimum atomic E-state index is -2.46. The Balaban J connectivity index is 0.000000198. The number of nitrogens with zero attached hydrogens (tertiary/aromatic N) is 2. The number of carbonyl (C=O) groups is 4. The summed E-state index contributed by atoms with van der Waals surface area (Å²) >= 11 is 0. The minimum absolute atomic E-state index is 0.0254. The Bertz CT molecular complexity index is 3800. The fourth-order valence-electron chi connectivity index (χ4n) is 13.6. The number of aliphatic carboxylic acids is 2. The number of benzene rings is 8. The quantitative estimate of drug-likeness (QED) is 0.0188. The van der Waals surface area contributed by atoms with Crippen LogP contribution in [0.4, 0.5) is 13.2 Å². The molecule has 22 nitrogen and oxygen atoms in total. The van der Waals surface area contributed by atoms with Gasteiger partial charge in [0.2, 0.25) is 6.10 Å². The largest absolute Gasteiger partial charge is 0.547 e. The second kappa shape index (κ2) is 45.8. The molecular formula is C86H104F3N3O19. The highest BCUT2D eigenvalue weighted by Gasteiger charge is 2.35. The normalized spacial score (nSPS) is 16.5. The Hall–Kier alpha value is -10.3. The maximum absolute atomic E-state index is 13.0. The van der Waals surface area contributed by atoms with E-state index in [0.717, 1.165) is 157 Å². The summed E-state index contributed by atoms with van der Waals surface area (Å²) < 4.78 is 85.7. The van der Waals surface area contributed by atoms with Crippen LogP contribution in [-0.4, -0.2) is 188 Å². The molecular weight excluding hydrogens is 1440 g/mol. The number of ether oxygens (including phenoxy) is 9. The molecule has 3 saturated heterocycles. The second-order valence-corrected chi connectivity index (χ2v) is 27.0. The molecule has 0 radical (unpaired) electrons. The van der Waals surface area contributed by atoms with Crippen molar-refractivity contribution in [1.29, 1.82) is 0 Å². The third kappa shape index (κ3) is 26.8. The van der Waals surface area contributed by atoms with Crippen molar-refractivity contribution in [3.05, 3.63) is 238 Å². The van der Waals surface area contributed by atoms with Crippen LogP contribution in [-0.2, 0) is 33.6 Å². The van der Waals surface area contributed by atoms with Gasteiger partial charge in [-0.3, -0.25) is 4.79 Å². The highest BCUT2D eigenvalue weighted by molar-refractivity contribution is 5.92. The van der Waals surface area contributed by atoms with Gasteiger partial charge in [0.05, 0.1) is 106 Å². The number of aliphatic hydroxyl groups is 4. The van der Waals surface area contributed by atoms with Crippen LogP contribution in [0.25, 0.3) is 0 Å². The summed E-state index contributed by atoms with van der Waals surface area (Å²) in [6.07, 6.45) is 2.88. The van der Waals surface area contributed by atoms with Crippen LogP contribution in [0.5, 0.6) is 46.0 Å². The highest BCUT2D eigenvalue weighted by Crippen LogP contribution is 2.43. The number of carbonyl (C=O) groups excluding carboxylic acids is 3. The lowest BCUT2D eigenvalue weighted by Gasteiger charge is -2.34. The number of piperidine rings is 3. The molecule has 0 aromatic heterocycles. The van der Waals surface area contributed by atoms with Crippen LogP contribution in [0.15, 0.2) is 176 Å². The molecule has 3 fully saturated rings. The molecule has 0 amide bonds. The number of quaternary nitrogens is 1. The summed E-state index contributed by atoms with van der Waals surface area (Å²) in [5.41, 5.74) is 6.51. The Morgan fingerprint density at radius 1 is 0.459 bits per heavy atom. The Labute approximate surface area is 647 Å². The van der Waals surface area contributed by atoms with Gasteiger partial charge in [-0.1, -0.05) is 72.8 Å². The number of hydrogen-bond acceptors (Lipinski definition) is 20. The van der Waals surface area contributed by atoms with Crippen molar-refractivity contribution in [3.8, 4) is 46.0 Å². The molecule has 598 valence electrons. The van der Waals surface area contributed by atoms with Crippen molar-refractivity contribution >= 4 is 24.2 Å². The van der Waals surface area contributed by atoms with Gasteiger partial charge >= 0.3 is 11.9 Å². The number of esters is 1. The predicted octanol–water partition coefficient (Wildman–Crippen LogP) is 10.00. The Morgan fingerprint density at radius 2 is 0.802 bits per heavy atom. The first-order valence-corrected chi connectivity index (χ1v) is 36.8. The van der Waals surface area contributed by atoms with Crippen molar-refractivity contribution < 1.29 is 111 Å². The van der Waals surface area contributed by atoms with E-state index in [9.17, 15) is 52.8 Å². The number of aliphatic hydroxyl groups excluding tert-OH is 4. The minimum Gasteiger partial charge on any atom is -0.547 e. The molecule has 6 N–H and O–H groups in total. The molecule has 11 rings (SSSR count). The number of carboxylic acid groups (broad SMARTS) is 2. The summed E-state index contributed by atoms with van der Waals surface area (Å²) in [7, 11) is 12.6. The van der Waals surface area contributed by atoms with Crippen molar-refractivity contribution in [2.24, 2.45) is 17.8 Å². The zero-order valence-electron chi connectivity index (χ0n) is 64.1. The van der Waals surface area contributed by atoms with Gasteiger partial charge in [-0.15, -0.1) is 0 Å². The molecule has 5 atom stereocenters. The zero-order valence-corrected chi connectivity index (χ0v) is 64.1. The number of likely N-dealkylation sites (tertiary alicyclic amines) is 3. The van der Waals surface area contributed by atoms with Crippen LogP contribution < -0.4 is 47.9 Å². The molecule has 0 saturated carbocycles. The fourth-order valence-corrected chi connectivity index (χ4v) is 13.6. The number of rotatable bonds is 29. The van der Waals surface area contributed by atoms with E-state index in [0.29, 0.717) is 45.8 Å². The SMILES string of the molecule is COc1ccc(C(=O)O[C@H](C(=O)O)[C@H](O)C(=O)[O-])cc1.COc1ccc(C=O)cc1.COc1cccc(C(O)C2CCN(CCc3ccc(F)cc3)CC2)c1OC.COc1cccc([C@@H](O)C2CCN(CCc3ccc(F)cc3)CC2)c1OC.COc1cccc([C@@H](O)C2CC[NH+](CCc3ccc(F)cc3)CC2)c1OC. The maximum atomic E-state index is 13.0. The average molecular weight is 1540 g/mol. The van der Waals surface area contributed by atoms with Gasteiger partial charge in [-0.25, -0.2) is 22.8 Å². The van der Waals surface area contributed by atoms with E-state index in [1.807, 2.05) is 91.0 Å².